The summed E-state index contributed by atoms with van der Waals surface area (Å²) in [5, 5.41) is 0. The fourth-order valence-corrected chi connectivity index (χ4v) is 8.33. The molecule has 0 radical (unpaired) electrons. The summed E-state index contributed by atoms with van der Waals surface area (Å²) < 4.78 is 35.9. The van der Waals surface area contributed by atoms with E-state index in [0.29, 0.717) is 39.6 Å². The van der Waals surface area contributed by atoms with Crippen molar-refractivity contribution in [3.8, 4) is 0 Å². The zero-order chi connectivity index (χ0) is 23.6. The smallest absolute Gasteiger partial charge is 0.335 e. The van der Waals surface area contributed by atoms with Crippen LogP contribution in [0.3, 0.4) is 0 Å². The van der Waals surface area contributed by atoms with Crippen molar-refractivity contribution in [3.63, 3.8) is 0 Å². The van der Waals surface area contributed by atoms with E-state index in [1.54, 1.807) is 24.3 Å². The Balaban J connectivity index is 4.33. The van der Waals surface area contributed by atoms with Crippen LogP contribution in [-0.2, 0) is 26.6 Å². The van der Waals surface area contributed by atoms with Gasteiger partial charge in [-0.15, -0.1) is 26.3 Å². The second-order valence-electron chi connectivity index (χ2n) is 7.97. The summed E-state index contributed by atoms with van der Waals surface area (Å²) in [5.74, 6) is 0. The van der Waals surface area contributed by atoms with Crippen molar-refractivity contribution >= 4 is 25.7 Å². The maximum absolute atomic E-state index is 6.11. The normalized spacial score (nSPS) is 12.5. The molecule has 0 spiro atoms. The molecule has 0 aliphatic heterocycles. The van der Waals surface area contributed by atoms with Crippen molar-refractivity contribution in [2.24, 2.45) is 0 Å². The van der Waals surface area contributed by atoms with Crippen molar-refractivity contribution in [3.05, 3.63) is 50.6 Å². The Labute approximate surface area is 193 Å². The molecule has 0 fully saturated rings. The highest BCUT2D eigenvalue weighted by Crippen LogP contribution is 2.19. The largest absolute Gasteiger partial charge is 0.395 e. The summed E-state index contributed by atoms with van der Waals surface area (Å²) in [6.45, 7) is 26.4. The van der Waals surface area contributed by atoms with E-state index < -0.39 is 25.7 Å². The Morgan fingerprint density at radius 1 is 0.516 bits per heavy atom. The van der Waals surface area contributed by atoms with Gasteiger partial charge in [-0.1, -0.05) is 24.3 Å². The van der Waals surface area contributed by atoms with Gasteiger partial charge < -0.3 is 26.6 Å². The van der Waals surface area contributed by atoms with E-state index in [-0.39, 0.29) is 0 Å². The van der Waals surface area contributed by atoms with Crippen molar-refractivity contribution in [1.82, 2.24) is 0 Å². The molecule has 180 valence electrons. The Morgan fingerprint density at radius 2 is 0.806 bits per heavy atom. The first-order chi connectivity index (χ1) is 14.7. The molecule has 0 rings (SSSR count). The third-order valence-electron chi connectivity index (χ3n) is 4.48. The third kappa shape index (κ3) is 15.8. The lowest BCUT2D eigenvalue weighted by atomic mass is 10.5. The zero-order valence-electron chi connectivity index (χ0n) is 20.2. The van der Waals surface area contributed by atoms with Crippen molar-refractivity contribution in [2.45, 2.75) is 51.1 Å². The molecule has 0 aliphatic carbocycles. The summed E-state index contributed by atoms with van der Waals surface area (Å²) in [4.78, 5) is 0. The van der Waals surface area contributed by atoms with Crippen LogP contribution in [0.4, 0.5) is 0 Å². The summed E-state index contributed by atoms with van der Waals surface area (Å²) in [6, 6.07) is 1.70. The molecule has 0 unspecified atom stereocenters. The van der Waals surface area contributed by atoms with E-state index in [1.165, 1.54) is 0 Å². The molecule has 0 heterocycles. The van der Waals surface area contributed by atoms with Gasteiger partial charge in [0.2, 0.25) is 0 Å². The Morgan fingerprint density at radius 3 is 1.06 bits per heavy atom. The molecule has 9 heteroatoms. The highest BCUT2D eigenvalue weighted by atomic mass is 28.4. The van der Waals surface area contributed by atoms with Crippen molar-refractivity contribution in [2.75, 3.05) is 39.6 Å². The van der Waals surface area contributed by atoms with Gasteiger partial charge in [0.25, 0.3) is 0 Å². The molecule has 31 heavy (non-hydrogen) atoms. The minimum absolute atomic E-state index is 0.499. The highest BCUT2D eigenvalue weighted by molar-refractivity contribution is 6.66. The van der Waals surface area contributed by atoms with Crippen LogP contribution in [0, 0.1) is 0 Å². The predicted molar refractivity (Wildman–Crippen MR) is 136 cm³/mol. The molecule has 0 aromatic rings. The summed E-state index contributed by atoms with van der Waals surface area (Å²) in [7, 11) is -6.69. The topological polar surface area (TPSA) is 55.4 Å². The molecule has 6 nitrogen and oxygen atoms in total. The fraction of sp³-hybridized carbons (Fsp3) is 0.636. The van der Waals surface area contributed by atoms with Gasteiger partial charge in [0.1, 0.15) is 0 Å². The Kier molecular flexibility index (Phi) is 16.6. The molecular formula is C22H44O6Si3. The lowest BCUT2D eigenvalue weighted by Gasteiger charge is -2.28. The van der Waals surface area contributed by atoms with E-state index in [9.17, 15) is 0 Å². The number of hydrogen-bond acceptors (Lipinski definition) is 6. The molecule has 0 aromatic carbocycles. The molecule has 0 saturated carbocycles. The molecule has 0 saturated heterocycles. The fourth-order valence-electron chi connectivity index (χ4n) is 2.78. The molecule has 0 atom stereocenters. The second kappa shape index (κ2) is 16.9. The predicted octanol–water partition coefficient (Wildman–Crippen LogP) is 5.46. The maximum Gasteiger partial charge on any atom is 0.335 e. The van der Waals surface area contributed by atoms with E-state index in [2.05, 4.69) is 52.5 Å². The molecule has 0 N–H and O–H groups in total. The van der Waals surface area contributed by atoms with Gasteiger partial charge in [0.15, 0.2) is 0 Å². The van der Waals surface area contributed by atoms with Crippen LogP contribution >= 0.6 is 0 Å². The van der Waals surface area contributed by atoms with Crippen LogP contribution < -0.4 is 0 Å². The highest BCUT2D eigenvalue weighted by Gasteiger charge is 2.33. The molecule has 0 aliphatic rings. The minimum atomic E-state index is -2.25. The SMILES string of the molecule is C=CCO[Si](C)(CCCO[Si](C)(C)OCCC[Si](C)(OCC=C)OCC=C)OCC=C. The van der Waals surface area contributed by atoms with Gasteiger partial charge in [-0.05, 0) is 51.1 Å². The van der Waals surface area contributed by atoms with Crippen LogP contribution in [0.1, 0.15) is 12.8 Å². The van der Waals surface area contributed by atoms with Gasteiger partial charge >= 0.3 is 25.7 Å². The van der Waals surface area contributed by atoms with Gasteiger partial charge in [-0.3, -0.25) is 0 Å². The van der Waals surface area contributed by atoms with Crippen LogP contribution in [0.5, 0.6) is 0 Å². The standard InChI is InChI=1S/C22H44O6Si3/c1-9-15-25-30(7,26-16-10-2)21-13-19-23-29(5,6)24-20-14-22-31(8,27-17-11-3)28-18-12-4/h9-12H,1-4,13-22H2,5-8H3. The van der Waals surface area contributed by atoms with Crippen LogP contribution in [0.2, 0.25) is 38.3 Å². The van der Waals surface area contributed by atoms with Gasteiger partial charge in [-0.2, -0.15) is 0 Å². The summed E-state index contributed by atoms with van der Waals surface area (Å²) in [6.07, 6.45) is 8.74. The van der Waals surface area contributed by atoms with Gasteiger partial charge in [0.05, 0.1) is 26.4 Å². The first-order valence-electron chi connectivity index (χ1n) is 10.9. The van der Waals surface area contributed by atoms with Gasteiger partial charge in [-0.25, -0.2) is 0 Å². The van der Waals surface area contributed by atoms with Crippen LogP contribution in [0.15, 0.2) is 50.6 Å². The average molecular weight is 489 g/mol. The maximum atomic E-state index is 6.11. The van der Waals surface area contributed by atoms with Crippen molar-refractivity contribution in [1.29, 1.82) is 0 Å². The quantitative estimate of drug-likeness (QED) is 0.115. The van der Waals surface area contributed by atoms with E-state index in [0.717, 1.165) is 24.9 Å². The molecular weight excluding hydrogens is 444 g/mol. The lowest BCUT2D eigenvalue weighted by Crippen LogP contribution is -2.41. The van der Waals surface area contributed by atoms with E-state index in [4.69, 9.17) is 26.6 Å². The Hall–Kier alpha value is -0.629. The molecule has 0 aromatic heterocycles. The zero-order valence-corrected chi connectivity index (χ0v) is 23.2. The third-order valence-corrected chi connectivity index (χ3v) is 11.9. The van der Waals surface area contributed by atoms with E-state index in [1.807, 2.05) is 0 Å². The minimum Gasteiger partial charge on any atom is -0.395 e. The molecule has 0 amide bonds. The number of hydrogen-bond donors (Lipinski definition) is 0. The van der Waals surface area contributed by atoms with Crippen LogP contribution in [-0.4, -0.2) is 65.3 Å². The van der Waals surface area contributed by atoms with Crippen LogP contribution in [0.25, 0.3) is 0 Å². The van der Waals surface area contributed by atoms with Crippen molar-refractivity contribution < 1.29 is 26.6 Å². The summed E-state index contributed by atoms with van der Waals surface area (Å²) in [5.41, 5.74) is 0. The average Bonchev–Trinajstić information content (AvgIpc) is 2.74. The Bertz CT molecular complexity index is 459. The molecule has 0 bridgehead atoms. The first kappa shape index (κ1) is 30.4. The second-order valence-corrected chi connectivity index (χ2v) is 18.0. The van der Waals surface area contributed by atoms with Gasteiger partial charge in [0, 0.05) is 13.2 Å². The first-order valence-corrected chi connectivity index (χ1v) is 18.8. The lowest BCUT2D eigenvalue weighted by molar-refractivity contribution is 0.167. The monoisotopic (exact) mass is 488 g/mol. The number of rotatable bonds is 22. The van der Waals surface area contributed by atoms with E-state index >= 15 is 0 Å². The summed E-state index contributed by atoms with van der Waals surface area (Å²) >= 11 is 0.